The smallest absolute Gasteiger partial charge is 0.256 e. The van der Waals surface area contributed by atoms with Gasteiger partial charge < -0.3 is 10.1 Å². The maximum atomic E-state index is 12.1. The number of ether oxygens (including phenoxy) is 1. The summed E-state index contributed by atoms with van der Waals surface area (Å²) < 4.78 is 7.31. The lowest BCUT2D eigenvalue weighted by Crippen LogP contribution is -2.12. The Morgan fingerprint density at radius 1 is 1.17 bits per heavy atom. The maximum absolute atomic E-state index is 12.1. The monoisotopic (exact) mass is 341 g/mol. The molecule has 1 amide bonds. The zero-order valence-corrected chi connectivity index (χ0v) is 13.8. The molecule has 0 aliphatic heterocycles. The molecule has 0 fully saturated rings. The van der Waals surface area contributed by atoms with Crippen LogP contribution in [0.5, 0.6) is 5.75 Å². The molecule has 0 spiro atoms. The molecular formula is C18H16ClN3O2. The third-order valence-electron chi connectivity index (χ3n) is 3.40. The van der Waals surface area contributed by atoms with Gasteiger partial charge in [-0.3, -0.25) is 9.48 Å². The zero-order valence-electron chi connectivity index (χ0n) is 13.1. The summed E-state index contributed by atoms with van der Waals surface area (Å²) in [6.45, 7) is 0.381. The van der Waals surface area contributed by atoms with Crippen molar-refractivity contribution < 1.29 is 9.53 Å². The van der Waals surface area contributed by atoms with Crippen LogP contribution in [-0.2, 0) is 13.7 Å². The topological polar surface area (TPSA) is 56.2 Å². The summed E-state index contributed by atoms with van der Waals surface area (Å²) in [6, 6.07) is 16.3. The van der Waals surface area contributed by atoms with Crippen molar-refractivity contribution in [2.45, 2.75) is 6.61 Å². The Morgan fingerprint density at radius 3 is 2.58 bits per heavy atom. The quantitative estimate of drug-likeness (QED) is 0.765. The highest BCUT2D eigenvalue weighted by Gasteiger charge is 2.08. The predicted octanol–water partition coefficient (Wildman–Crippen LogP) is 3.90. The van der Waals surface area contributed by atoms with Crippen LogP contribution in [-0.4, -0.2) is 15.7 Å². The van der Waals surface area contributed by atoms with Crippen LogP contribution in [0.1, 0.15) is 15.9 Å². The number of hydrogen-bond donors (Lipinski definition) is 1. The number of aryl methyl sites for hydroxylation is 1. The number of aromatic nitrogens is 2. The van der Waals surface area contributed by atoms with Gasteiger partial charge in [-0.05, 0) is 29.8 Å². The highest BCUT2D eigenvalue weighted by molar-refractivity contribution is 6.32. The van der Waals surface area contributed by atoms with Gasteiger partial charge in [0.15, 0.2) is 5.82 Å². The third kappa shape index (κ3) is 3.94. The molecule has 5 nitrogen and oxygen atoms in total. The first-order valence-corrected chi connectivity index (χ1v) is 7.77. The number of rotatable bonds is 5. The average Bonchev–Trinajstić information content (AvgIpc) is 2.99. The van der Waals surface area contributed by atoms with E-state index in [0.29, 0.717) is 28.8 Å². The molecule has 1 aromatic heterocycles. The summed E-state index contributed by atoms with van der Waals surface area (Å²) >= 11 is 6.05. The molecule has 1 N–H and O–H groups in total. The molecular weight excluding hydrogens is 326 g/mol. The zero-order chi connectivity index (χ0) is 16.9. The van der Waals surface area contributed by atoms with Gasteiger partial charge in [0.05, 0.1) is 5.02 Å². The van der Waals surface area contributed by atoms with E-state index in [0.717, 1.165) is 5.56 Å². The van der Waals surface area contributed by atoms with Crippen LogP contribution >= 0.6 is 11.6 Å². The highest BCUT2D eigenvalue weighted by atomic mass is 35.5. The van der Waals surface area contributed by atoms with Crippen LogP contribution in [0, 0.1) is 0 Å². The number of benzene rings is 2. The van der Waals surface area contributed by atoms with Gasteiger partial charge in [0, 0.05) is 24.9 Å². The normalized spacial score (nSPS) is 10.4. The van der Waals surface area contributed by atoms with E-state index in [-0.39, 0.29) is 5.91 Å². The lowest BCUT2D eigenvalue weighted by atomic mass is 10.1. The molecule has 2 aromatic carbocycles. The van der Waals surface area contributed by atoms with Crippen LogP contribution in [0.15, 0.2) is 60.8 Å². The molecule has 6 heteroatoms. The lowest BCUT2D eigenvalue weighted by molar-refractivity contribution is 0.102. The van der Waals surface area contributed by atoms with E-state index in [9.17, 15) is 4.79 Å². The minimum atomic E-state index is -0.202. The van der Waals surface area contributed by atoms with E-state index >= 15 is 0 Å². The molecule has 0 aliphatic rings. The van der Waals surface area contributed by atoms with Crippen molar-refractivity contribution in [1.82, 2.24) is 9.78 Å². The minimum Gasteiger partial charge on any atom is -0.487 e. The number of amides is 1. The number of anilines is 1. The molecule has 0 unspecified atom stereocenters. The Kier molecular flexibility index (Phi) is 4.82. The van der Waals surface area contributed by atoms with Gasteiger partial charge in [-0.25, -0.2) is 0 Å². The molecule has 24 heavy (non-hydrogen) atoms. The molecule has 0 bridgehead atoms. The standard InChI is InChI=1S/C18H16ClN3O2/c1-22-11-10-17(21-22)20-18(23)14-8-6-13(7-9-14)12-24-16-5-3-2-4-15(16)19/h2-11H,12H2,1H3,(H,20,21,23). The molecule has 3 aromatic rings. The first-order valence-electron chi connectivity index (χ1n) is 7.39. The van der Waals surface area contributed by atoms with Crippen LogP contribution < -0.4 is 10.1 Å². The Labute approximate surface area is 144 Å². The Hall–Kier alpha value is -2.79. The summed E-state index contributed by atoms with van der Waals surface area (Å²) in [5.74, 6) is 0.956. The van der Waals surface area contributed by atoms with Gasteiger partial charge in [0.2, 0.25) is 0 Å². The third-order valence-corrected chi connectivity index (χ3v) is 3.71. The van der Waals surface area contributed by atoms with E-state index in [1.807, 2.05) is 30.3 Å². The summed E-state index contributed by atoms with van der Waals surface area (Å²) in [4.78, 5) is 12.1. The Morgan fingerprint density at radius 2 is 1.92 bits per heavy atom. The van der Waals surface area contributed by atoms with E-state index in [4.69, 9.17) is 16.3 Å². The number of carbonyl (C=O) groups excluding carboxylic acids is 1. The number of nitrogens with one attached hydrogen (secondary N) is 1. The van der Waals surface area contributed by atoms with Crippen molar-refractivity contribution in [3.63, 3.8) is 0 Å². The first-order chi connectivity index (χ1) is 11.6. The fourth-order valence-electron chi connectivity index (χ4n) is 2.15. The van der Waals surface area contributed by atoms with E-state index < -0.39 is 0 Å². The number of carbonyl (C=O) groups is 1. The number of para-hydroxylation sites is 1. The van der Waals surface area contributed by atoms with Gasteiger partial charge in [-0.15, -0.1) is 0 Å². The largest absolute Gasteiger partial charge is 0.487 e. The molecule has 1 heterocycles. The van der Waals surface area contributed by atoms with Crippen molar-refractivity contribution in [2.75, 3.05) is 5.32 Å². The van der Waals surface area contributed by atoms with Crippen molar-refractivity contribution in [3.8, 4) is 5.75 Å². The second-order valence-corrected chi connectivity index (χ2v) is 5.65. The molecule has 0 radical (unpaired) electrons. The molecule has 0 atom stereocenters. The fraction of sp³-hybridized carbons (Fsp3) is 0.111. The fourth-order valence-corrected chi connectivity index (χ4v) is 2.34. The van der Waals surface area contributed by atoms with Crippen molar-refractivity contribution in [1.29, 1.82) is 0 Å². The van der Waals surface area contributed by atoms with Gasteiger partial charge in [0.25, 0.3) is 5.91 Å². The predicted molar refractivity (Wildman–Crippen MR) is 93.4 cm³/mol. The van der Waals surface area contributed by atoms with E-state index in [1.54, 1.807) is 42.2 Å². The molecule has 122 valence electrons. The number of hydrogen-bond acceptors (Lipinski definition) is 3. The van der Waals surface area contributed by atoms with E-state index in [2.05, 4.69) is 10.4 Å². The average molecular weight is 342 g/mol. The minimum absolute atomic E-state index is 0.202. The molecule has 0 saturated heterocycles. The van der Waals surface area contributed by atoms with Crippen molar-refractivity contribution in [3.05, 3.63) is 76.9 Å². The lowest BCUT2D eigenvalue weighted by Gasteiger charge is -2.08. The second-order valence-electron chi connectivity index (χ2n) is 5.24. The van der Waals surface area contributed by atoms with Crippen LogP contribution in [0.4, 0.5) is 5.82 Å². The van der Waals surface area contributed by atoms with Crippen LogP contribution in [0.3, 0.4) is 0 Å². The summed E-state index contributed by atoms with van der Waals surface area (Å²) in [5.41, 5.74) is 1.51. The Balaban J connectivity index is 1.60. The summed E-state index contributed by atoms with van der Waals surface area (Å²) in [7, 11) is 1.80. The second kappa shape index (κ2) is 7.19. The van der Waals surface area contributed by atoms with Gasteiger partial charge in [-0.2, -0.15) is 5.10 Å². The van der Waals surface area contributed by atoms with Crippen molar-refractivity contribution >= 4 is 23.3 Å². The van der Waals surface area contributed by atoms with Crippen LogP contribution in [0.2, 0.25) is 5.02 Å². The van der Waals surface area contributed by atoms with Gasteiger partial charge in [0.1, 0.15) is 12.4 Å². The number of nitrogens with zero attached hydrogens (tertiary/aromatic N) is 2. The highest BCUT2D eigenvalue weighted by Crippen LogP contribution is 2.24. The SMILES string of the molecule is Cn1ccc(NC(=O)c2ccc(COc3ccccc3Cl)cc2)n1. The maximum Gasteiger partial charge on any atom is 0.256 e. The van der Waals surface area contributed by atoms with Crippen LogP contribution in [0.25, 0.3) is 0 Å². The molecule has 0 aliphatic carbocycles. The number of halogens is 1. The van der Waals surface area contributed by atoms with Gasteiger partial charge in [-0.1, -0.05) is 35.9 Å². The van der Waals surface area contributed by atoms with Crippen molar-refractivity contribution in [2.24, 2.45) is 7.05 Å². The first kappa shape index (κ1) is 16.1. The molecule has 0 saturated carbocycles. The molecule has 3 rings (SSSR count). The van der Waals surface area contributed by atoms with Gasteiger partial charge >= 0.3 is 0 Å². The summed E-state index contributed by atoms with van der Waals surface area (Å²) in [6.07, 6.45) is 1.77. The van der Waals surface area contributed by atoms with E-state index in [1.165, 1.54) is 0 Å². The summed E-state index contributed by atoms with van der Waals surface area (Å²) in [5, 5.41) is 7.43. The Bertz CT molecular complexity index is 843.